The maximum absolute atomic E-state index is 11.6. The minimum absolute atomic E-state index is 0.133. The van der Waals surface area contributed by atoms with E-state index in [9.17, 15) is 25.5 Å². The van der Waals surface area contributed by atoms with Crippen molar-refractivity contribution in [2.45, 2.75) is 69.1 Å². The summed E-state index contributed by atoms with van der Waals surface area (Å²) < 4.78 is 11.1. The second-order valence-corrected chi connectivity index (χ2v) is 8.07. The van der Waals surface area contributed by atoms with Crippen molar-refractivity contribution < 1.29 is 35.0 Å². The van der Waals surface area contributed by atoms with E-state index in [-0.39, 0.29) is 25.4 Å². The van der Waals surface area contributed by atoms with Gasteiger partial charge in [-0.2, -0.15) is 0 Å². The van der Waals surface area contributed by atoms with E-state index < -0.39 is 46.3 Å². The Kier molecular flexibility index (Phi) is 2.56. The molecule has 0 amide bonds. The molecular formula is C15H24O7. The molecule has 7 nitrogen and oxygen atoms in total. The number of aliphatic hydroxyl groups is 5. The summed E-state index contributed by atoms with van der Waals surface area (Å²) in [5, 5.41) is 55.1. The van der Waals surface area contributed by atoms with Crippen LogP contribution in [0.2, 0.25) is 0 Å². The van der Waals surface area contributed by atoms with Gasteiger partial charge in [-0.3, -0.25) is 0 Å². The quantitative estimate of drug-likeness (QED) is 0.377. The van der Waals surface area contributed by atoms with Crippen LogP contribution in [0.1, 0.15) is 33.6 Å². The Bertz CT molecular complexity index is 530. The number of rotatable bonds is 0. The van der Waals surface area contributed by atoms with Crippen LogP contribution in [0.25, 0.3) is 0 Å². The van der Waals surface area contributed by atoms with Crippen LogP contribution in [0.15, 0.2) is 0 Å². The lowest BCUT2D eigenvalue weighted by molar-refractivity contribution is -0.452. The third kappa shape index (κ3) is 1.12. The first-order valence-corrected chi connectivity index (χ1v) is 7.81. The van der Waals surface area contributed by atoms with E-state index >= 15 is 0 Å². The van der Waals surface area contributed by atoms with E-state index in [0.29, 0.717) is 0 Å². The zero-order valence-corrected chi connectivity index (χ0v) is 13.0. The van der Waals surface area contributed by atoms with Crippen LogP contribution in [0, 0.1) is 16.7 Å². The van der Waals surface area contributed by atoms with Crippen LogP contribution in [-0.4, -0.2) is 67.6 Å². The van der Waals surface area contributed by atoms with E-state index in [4.69, 9.17) is 9.47 Å². The molecule has 3 heterocycles. The smallest absolute Gasteiger partial charge is 0.199 e. The zero-order chi connectivity index (χ0) is 16.3. The number of fused-ring (bicyclic) bond motifs is 1. The molecule has 3 saturated heterocycles. The third-order valence-corrected chi connectivity index (χ3v) is 7.49. The second-order valence-electron chi connectivity index (χ2n) is 8.07. The molecule has 0 aromatic carbocycles. The Morgan fingerprint density at radius 2 is 1.73 bits per heavy atom. The van der Waals surface area contributed by atoms with Gasteiger partial charge in [-0.25, -0.2) is 0 Å². The molecule has 9 atom stereocenters. The van der Waals surface area contributed by atoms with Crippen molar-refractivity contribution in [3.05, 3.63) is 0 Å². The van der Waals surface area contributed by atoms with Crippen molar-refractivity contribution in [2.24, 2.45) is 16.7 Å². The Morgan fingerprint density at radius 1 is 1.09 bits per heavy atom. The highest BCUT2D eigenvalue weighted by molar-refractivity contribution is 5.33. The van der Waals surface area contributed by atoms with Crippen LogP contribution in [0.4, 0.5) is 0 Å². The fourth-order valence-electron chi connectivity index (χ4n) is 5.86. The fourth-order valence-corrected chi connectivity index (χ4v) is 5.86. The summed E-state index contributed by atoms with van der Waals surface area (Å²) >= 11 is 0. The number of hydrogen-bond donors (Lipinski definition) is 5. The molecule has 0 radical (unpaired) electrons. The van der Waals surface area contributed by atoms with Gasteiger partial charge in [-0.05, 0) is 19.3 Å². The van der Waals surface area contributed by atoms with Gasteiger partial charge in [-0.15, -0.1) is 0 Å². The molecule has 2 saturated carbocycles. The zero-order valence-electron chi connectivity index (χ0n) is 13.0. The van der Waals surface area contributed by atoms with Gasteiger partial charge in [0.25, 0.3) is 0 Å². The topological polar surface area (TPSA) is 120 Å². The fraction of sp³-hybridized carbons (Fsp3) is 1.00. The first-order chi connectivity index (χ1) is 9.98. The largest absolute Gasteiger partial charge is 0.390 e. The highest BCUT2D eigenvalue weighted by atomic mass is 16.8. The summed E-state index contributed by atoms with van der Waals surface area (Å²) in [5.74, 6) is -2.22. The molecule has 3 aliphatic heterocycles. The van der Waals surface area contributed by atoms with Crippen molar-refractivity contribution in [3.63, 3.8) is 0 Å². The van der Waals surface area contributed by atoms with Crippen molar-refractivity contribution >= 4 is 0 Å². The normalized spacial score (nSPS) is 69.8. The lowest BCUT2D eigenvalue weighted by Crippen LogP contribution is -2.84. The highest BCUT2D eigenvalue weighted by Crippen LogP contribution is 2.74. The van der Waals surface area contributed by atoms with Gasteiger partial charge in [0.15, 0.2) is 12.1 Å². The summed E-state index contributed by atoms with van der Waals surface area (Å²) in [6.07, 6.45) is -3.34. The first kappa shape index (κ1) is 15.3. The molecular weight excluding hydrogens is 292 g/mol. The van der Waals surface area contributed by atoms with Gasteiger partial charge >= 0.3 is 0 Å². The summed E-state index contributed by atoms with van der Waals surface area (Å²) in [6.45, 7) is 4.68. The molecule has 5 aliphatic rings. The predicted molar refractivity (Wildman–Crippen MR) is 72.3 cm³/mol. The molecule has 5 fully saturated rings. The Morgan fingerprint density at radius 3 is 2.36 bits per heavy atom. The Labute approximate surface area is 128 Å². The molecule has 5 rings (SSSR count). The van der Waals surface area contributed by atoms with Gasteiger partial charge < -0.3 is 35.0 Å². The molecule has 0 aromatic rings. The van der Waals surface area contributed by atoms with Crippen LogP contribution in [0.5, 0.6) is 0 Å². The van der Waals surface area contributed by atoms with E-state index in [1.807, 2.05) is 6.92 Å². The minimum Gasteiger partial charge on any atom is -0.390 e. The monoisotopic (exact) mass is 316 g/mol. The standard InChI is InChI=1S/C15H24O7/c1-7-4-8(16)15(20)11(2)6-21-10-9(17)13(7,15)5-14(19,22-10)12(11,3)18/h7-10,16-20H,4-6H2,1-3H3/t7-,8-,9+,10?,11+,12-,13+,14-,15+/m1/s1. The van der Waals surface area contributed by atoms with Crippen molar-refractivity contribution in [2.75, 3.05) is 6.61 Å². The molecule has 0 aromatic heterocycles. The average molecular weight is 316 g/mol. The van der Waals surface area contributed by atoms with E-state index in [1.54, 1.807) is 6.92 Å². The highest BCUT2D eigenvalue weighted by Gasteiger charge is 2.87. The molecule has 1 unspecified atom stereocenters. The maximum atomic E-state index is 11.6. The average Bonchev–Trinajstić information content (AvgIpc) is 2.56. The van der Waals surface area contributed by atoms with E-state index in [0.717, 1.165) is 0 Å². The molecule has 22 heavy (non-hydrogen) atoms. The molecule has 1 spiro atoms. The van der Waals surface area contributed by atoms with Gasteiger partial charge in [0, 0.05) is 11.8 Å². The maximum Gasteiger partial charge on any atom is 0.199 e. The summed E-state index contributed by atoms with van der Waals surface area (Å²) in [5.41, 5.74) is -6.23. The van der Waals surface area contributed by atoms with Crippen molar-refractivity contribution in [1.29, 1.82) is 0 Å². The summed E-state index contributed by atoms with van der Waals surface area (Å²) in [4.78, 5) is 0. The summed E-state index contributed by atoms with van der Waals surface area (Å²) in [6, 6.07) is 0. The number of aliphatic hydroxyl groups excluding tert-OH is 2. The molecule has 7 heteroatoms. The van der Waals surface area contributed by atoms with Gasteiger partial charge in [0.2, 0.25) is 0 Å². The molecule has 5 N–H and O–H groups in total. The molecule has 2 aliphatic carbocycles. The third-order valence-electron chi connectivity index (χ3n) is 7.49. The number of hydrogen-bond acceptors (Lipinski definition) is 7. The second kappa shape index (κ2) is 3.69. The van der Waals surface area contributed by atoms with Crippen LogP contribution < -0.4 is 0 Å². The van der Waals surface area contributed by atoms with Crippen LogP contribution in [0.3, 0.4) is 0 Å². The predicted octanol–water partition coefficient (Wildman–Crippen LogP) is -1.30. The summed E-state index contributed by atoms with van der Waals surface area (Å²) in [7, 11) is 0. The number of ether oxygens (including phenoxy) is 2. The molecule has 126 valence electrons. The SMILES string of the molecule is C[C@@H]1C[C@@H](O)[C@@]2(O)[C@@]13C[C@@]1(O)OC(OC[C@@]2(C)[C@@]1(C)O)[C@@H]3O. The Balaban J connectivity index is 2.08. The van der Waals surface area contributed by atoms with Gasteiger partial charge in [0.05, 0.1) is 18.1 Å². The van der Waals surface area contributed by atoms with Crippen LogP contribution >= 0.6 is 0 Å². The van der Waals surface area contributed by atoms with Crippen molar-refractivity contribution in [1.82, 2.24) is 0 Å². The molecule has 4 bridgehead atoms. The van der Waals surface area contributed by atoms with Crippen LogP contribution in [-0.2, 0) is 9.47 Å². The minimum atomic E-state index is -1.95. The Hall–Kier alpha value is -0.280. The van der Waals surface area contributed by atoms with E-state index in [2.05, 4.69) is 0 Å². The van der Waals surface area contributed by atoms with Crippen molar-refractivity contribution in [3.8, 4) is 0 Å². The van der Waals surface area contributed by atoms with E-state index in [1.165, 1.54) is 6.92 Å². The lowest BCUT2D eigenvalue weighted by Gasteiger charge is -2.69. The first-order valence-electron chi connectivity index (χ1n) is 7.81. The lowest BCUT2D eigenvalue weighted by atomic mass is 9.43. The van der Waals surface area contributed by atoms with Gasteiger partial charge in [-0.1, -0.05) is 13.8 Å². The van der Waals surface area contributed by atoms with Gasteiger partial charge in [0.1, 0.15) is 17.3 Å².